The van der Waals surface area contributed by atoms with E-state index >= 15 is 0 Å². The zero-order chi connectivity index (χ0) is 14.1. The summed E-state index contributed by atoms with van der Waals surface area (Å²) in [5, 5.41) is 2.62. The molecule has 0 aliphatic rings. The summed E-state index contributed by atoms with van der Waals surface area (Å²) >= 11 is 0. The second-order valence-corrected chi connectivity index (χ2v) is 3.63. The Morgan fingerprint density at radius 2 is 2.05 bits per heavy atom. The summed E-state index contributed by atoms with van der Waals surface area (Å²) in [6.07, 6.45) is 0.435. The maximum Gasteiger partial charge on any atom is 0.252 e. The summed E-state index contributed by atoms with van der Waals surface area (Å²) in [6, 6.07) is 6.70. The van der Waals surface area contributed by atoms with Crippen molar-refractivity contribution < 1.29 is 14.3 Å². The molecule has 0 bridgehead atoms. The van der Waals surface area contributed by atoms with Crippen molar-refractivity contribution in [3.05, 3.63) is 29.8 Å². The second-order valence-electron chi connectivity index (χ2n) is 3.63. The van der Waals surface area contributed by atoms with Crippen LogP contribution in [0.2, 0.25) is 0 Å². The first-order valence-corrected chi connectivity index (χ1v) is 5.89. The van der Waals surface area contributed by atoms with E-state index < -0.39 is 5.91 Å². The van der Waals surface area contributed by atoms with Crippen LogP contribution in [0.4, 0.5) is 0 Å². The normalized spacial score (nSPS) is 9.11. The molecule has 19 heavy (non-hydrogen) atoms. The van der Waals surface area contributed by atoms with Gasteiger partial charge < -0.3 is 15.8 Å². The van der Waals surface area contributed by atoms with Crippen LogP contribution in [0.1, 0.15) is 23.7 Å². The Kier molecular flexibility index (Phi) is 5.96. The van der Waals surface area contributed by atoms with E-state index in [1.807, 2.05) is 0 Å². The van der Waals surface area contributed by atoms with Gasteiger partial charge in [0.05, 0.1) is 12.1 Å². The first-order chi connectivity index (χ1) is 9.15. The summed E-state index contributed by atoms with van der Waals surface area (Å²) in [5.41, 5.74) is 5.54. The summed E-state index contributed by atoms with van der Waals surface area (Å²) < 4.78 is 5.34. The van der Waals surface area contributed by atoms with Crippen LogP contribution < -0.4 is 15.8 Å². The third-order valence-electron chi connectivity index (χ3n) is 2.27. The molecule has 0 radical (unpaired) electrons. The molecule has 2 amide bonds. The maximum atomic E-state index is 11.1. The van der Waals surface area contributed by atoms with Gasteiger partial charge in [-0.15, -0.1) is 0 Å². The molecule has 1 aromatic rings. The smallest absolute Gasteiger partial charge is 0.252 e. The molecule has 0 spiro atoms. The number of rotatable bonds is 5. The van der Waals surface area contributed by atoms with E-state index in [9.17, 15) is 9.59 Å². The molecule has 0 unspecified atom stereocenters. The third-order valence-corrected chi connectivity index (χ3v) is 2.27. The molecular formula is C14H16N2O3. The summed E-state index contributed by atoms with van der Waals surface area (Å²) in [5.74, 6) is 5.30. The predicted molar refractivity (Wildman–Crippen MR) is 71.5 cm³/mol. The fraction of sp³-hybridized carbons (Fsp3) is 0.286. The lowest BCUT2D eigenvalue weighted by atomic mass is 10.2. The van der Waals surface area contributed by atoms with Crippen LogP contribution in [0.5, 0.6) is 5.75 Å². The van der Waals surface area contributed by atoms with Crippen molar-refractivity contribution in [2.45, 2.75) is 13.3 Å². The van der Waals surface area contributed by atoms with Crippen LogP contribution in [0.3, 0.4) is 0 Å². The Hall–Kier alpha value is -2.48. The van der Waals surface area contributed by atoms with Crippen LogP contribution in [-0.2, 0) is 4.79 Å². The van der Waals surface area contributed by atoms with Crippen molar-refractivity contribution in [1.82, 2.24) is 5.32 Å². The van der Waals surface area contributed by atoms with Crippen molar-refractivity contribution in [1.29, 1.82) is 0 Å². The molecule has 0 atom stereocenters. The Labute approximate surface area is 112 Å². The van der Waals surface area contributed by atoms with Crippen molar-refractivity contribution in [3.8, 4) is 17.6 Å². The standard InChI is InChI=1S/C14H16N2O3/c1-2-13(17)16-9-5-6-10-19-12-8-4-3-7-11(12)14(15)18/h3-4,7-8H,2,9-10H2,1H3,(H2,15,18)(H,16,17). The lowest BCUT2D eigenvalue weighted by Gasteiger charge is -2.05. The molecule has 1 rings (SSSR count). The van der Waals surface area contributed by atoms with Gasteiger partial charge in [-0.05, 0) is 12.1 Å². The predicted octanol–water partition coefficient (Wildman–Crippen LogP) is 0.694. The number of ether oxygens (including phenoxy) is 1. The average Bonchev–Trinajstić information content (AvgIpc) is 2.42. The molecule has 0 heterocycles. The lowest BCUT2D eigenvalue weighted by Crippen LogP contribution is -2.22. The maximum absolute atomic E-state index is 11.1. The zero-order valence-corrected chi connectivity index (χ0v) is 10.7. The first-order valence-electron chi connectivity index (χ1n) is 5.89. The fourth-order valence-corrected chi connectivity index (χ4v) is 1.29. The monoisotopic (exact) mass is 260 g/mol. The second kappa shape index (κ2) is 7.77. The number of hydrogen-bond acceptors (Lipinski definition) is 3. The van der Waals surface area contributed by atoms with Gasteiger partial charge in [0, 0.05) is 6.42 Å². The van der Waals surface area contributed by atoms with Gasteiger partial charge in [-0.2, -0.15) is 0 Å². The number of amides is 2. The molecule has 0 aromatic heterocycles. The number of carbonyl (C=O) groups is 2. The van der Waals surface area contributed by atoms with Crippen molar-refractivity contribution in [3.63, 3.8) is 0 Å². The van der Waals surface area contributed by atoms with Crippen LogP contribution in [0.15, 0.2) is 24.3 Å². The number of para-hydroxylation sites is 1. The largest absolute Gasteiger partial charge is 0.480 e. The van der Waals surface area contributed by atoms with Crippen molar-refractivity contribution in [2.24, 2.45) is 5.73 Å². The number of hydrogen-bond donors (Lipinski definition) is 2. The summed E-state index contributed by atoms with van der Waals surface area (Å²) in [7, 11) is 0. The Morgan fingerprint density at radius 1 is 1.32 bits per heavy atom. The molecule has 0 saturated carbocycles. The molecule has 5 nitrogen and oxygen atoms in total. The average molecular weight is 260 g/mol. The van der Waals surface area contributed by atoms with Crippen LogP contribution in [0, 0.1) is 11.8 Å². The van der Waals surface area contributed by atoms with Gasteiger partial charge in [-0.1, -0.05) is 30.9 Å². The van der Waals surface area contributed by atoms with Gasteiger partial charge >= 0.3 is 0 Å². The highest BCUT2D eigenvalue weighted by atomic mass is 16.5. The summed E-state index contributed by atoms with van der Waals surface area (Å²) in [6.45, 7) is 2.19. The topological polar surface area (TPSA) is 81.4 Å². The van der Waals surface area contributed by atoms with E-state index in [-0.39, 0.29) is 19.1 Å². The number of carbonyl (C=O) groups excluding carboxylic acids is 2. The Morgan fingerprint density at radius 3 is 2.74 bits per heavy atom. The lowest BCUT2D eigenvalue weighted by molar-refractivity contribution is -0.120. The molecular weight excluding hydrogens is 244 g/mol. The molecule has 0 aliphatic heterocycles. The van der Waals surface area contributed by atoms with E-state index in [2.05, 4.69) is 17.2 Å². The molecule has 100 valence electrons. The first kappa shape index (κ1) is 14.6. The molecule has 5 heteroatoms. The van der Waals surface area contributed by atoms with Gasteiger partial charge in [0.1, 0.15) is 12.4 Å². The van der Waals surface area contributed by atoms with E-state index in [1.165, 1.54) is 0 Å². The third kappa shape index (κ3) is 5.13. The fourth-order valence-electron chi connectivity index (χ4n) is 1.29. The molecule has 0 fully saturated rings. The summed E-state index contributed by atoms with van der Waals surface area (Å²) in [4.78, 5) is 22.0. The minimum absolute atomic E-state index is 0.0470. The van der Waals surface area contributed by atoms with Gasteiger partial charge in [0.15, 0.2) is 0 Å². The highest BCUT2D eigenvalue weighted by Crippen LogP contribution is 2.16. The minimum atomic E-state index is -0.543. The Balaban J connectivity index is 2.44. The van der Waals surface area contributed by atoms with E-state index in [4.69, 9.17) is 10.5 Å². The van der Waals surface area contributed by atoms with E-state index in [0.717, 1.165) is 0 Å². The quantitative estimate of drug-likeness (QED) is 0.764. The SMILES string of the molecule is CCC(=O)NCC#CCOc1ccccc1C(N)=O. The van der Waals surface area contributed by atoms with Gasteiger partial charge in [-0.3, -0.25) is 9.59 Å². The molecule has 3 N–H and O–H groups in total. The molecule has 1 aromatic carbocycles. The van der Waals surface area contributed by atoms with E-state index in [0.29, 0.717) is 17.7 Å². The Bertz CT molecular complexity index is 515. The molecule has 0 aliphatic carbocycles. The van der Waals surface area contributed by atoms with E-state index in [1.54, 1.807) is 31.2 Å². The van der Waals surface area contributed by atoms with Gasteiger partial charge in [-0.25, -0.2) is 0 Å². The van der Waals surface area contributed by atoms with Crippen molar-refractivity contribution in [2.75, 3.05) is 13.2 Å². The number of nitrogens with one attached hydrogen (secondary N) is 1. The van der Waals surface area contributed by atoms with Gasteiger partial charge in [0.2, 0.25) is 5.91 Å². The zero-order valence-electron chi connectivity index (χ0n) is 10.7. The number of benzene rings is 1. The van der Waals surface area contributed by atoms with Crippen LogP contribution >= 0.6 is 0 Å². The van der Waals surface area contributed by atoms with Crippen molar-refractivity contribution >= 4 is 11.8 Å². The highest BCUT2D eigenvalue weighted by molar-refractivity contribution is 5.95. The highest BCUT2D eigenvalue weighted by Gasteiger charge is 2.06. The number of nitrogens with two attached hydrogens (primary N) is 1. The van der Waals surface area contributed by atoms with Crippen LogP contribution in [0.25, 0.3) is 0 Å². The number of primary amides is 1. The minimum Gasteiger partial charge on any atom is -0.480 e. The van der Waals surface area contributed by atoms with Gasteiger partial charge in [0.25, 0.3) is 5.91 Å². The molecule has 0 saturated heterocycles. The van der Waals surface area contributed by atoms with Crippen LogP contribution in [-0.4, -0.2) is 25.0 Å².